The summed E-state index contributed by atoms with van der Waals surface area (Å²) < 4.78 is 0. The van der Waals surface area contributed by atoms with Gasteiger partial charge < -0.3 is 0 Å². The van der Waals surface area contributed by atoms with Gasteiger partial charge in [-0.25, -0.2) is 0 Å². The third kappa shape index (κ3) is 5.31. The van der Waals surface area contributed by atoms with Gasteiger partial charge in [0.1, 0.15) is 0 Å². The predicted octanol–water partition coefficient (Wildman–Crippen LogP) is 3.29. The summed E-state index contributed by atoms with van der Waals surface area (Å²) in [6.45, 7) is 9.16. The van der Waals surface area contributed by atoms with Crippen molar-refractivity contribution in [3.05, 3.63) is 0 Å². The topological polar surface area (TPSA) is 0 Å². The Hall–Kier alpha value is 0.860. The summed E-state index contributed by atoms with van der Waals surface area (Å²) in [5, 5.41) is 0. The number of hydrogen-bond donors (Lipinski definition) is 0. The fourth-order valence-electron chi connectivity index (χ4n) is 0.665. The van der Waals surface area contributed by atoms with Crippen molar-refractivity contribution in [1.82, 2.24) is 0 Å². The molecule has 0 nitrogen and oxygen atoms in total. The SMILES string of the molecule is CCCC[P+](C)(C)PC. The Labute approximate surface area is 61.8 Å². The zero-order chi connectivity index (χ0) is 7.33. The molecule has 0 fully saturated rings. The van der Waals surface area contributed by atoms with E-state index >= 15 is 0 Å². The van der Waals surface area contributed by atoms with Crippen molar-refractivity contribution in [3.63, 3.8) is 0 Å². The summed E-state index contributed by atoms with van der Waals surface area (Å²) in [4.78, 5) is 0. The van der Waals surface area contributed by atoms with Crippen LogP contribution in [0.3, 0.4) is 0 Å². The van der Waals surface area contributed by atoms with E-state index in [-0.39, 0.29) is 0 Å². The molecule has 0 radical (unpaired) electrons. The highest BCUT2D eigenvalue weighted by Crippen LogP contribution is 2.67. The molecule has 9 heavy (non-hydrogen) atoms. The molecule has 2 heteroatoms. The highest BCUT2D eigenvalue weighted by atomic mass is 32.1. The van der Waals surface area contributed by atoms with Crippen molar-refractivity contribution in [1.29, 1.82) is 0 Å². The lowest BCUT2D eigenvalue weighted by molar-refractivity contribution is 0.891. The Morgan fingerprint density at radius 1 is 1.33 bits per heavy atom. The van der Waals surface area contributed by atoms with Gasteiger partial charge in [-0.2, -0.15) is 0 Å². The molecule has 0 aliphatic carbocycles. The van der Waals surface area contributed by atoms with E-state index < -0.39 is 6.95 Å². The van der Waals surface area contributed by atoms with Crippen LogP contribution in [0, 0.1) is 0 Å². The van der Waals surface area contributed by atoms with Crippen LogP contribution in [0.2, 0.25) is 0 Å². The summed E-state index contributed by atoms with van der Waals surface area (Å²) in [6, 6.07) is 0. The molecule has 0 aliphatic rings. The predicted molar refractivity (Wildman–Crippen MR) is 52.8 cm³/mol. The molecular formula is C7H19P2+. The number of rotatable bonds is 4. The fourth-order valence-corrected chi connectivity index (χ4v) is 3.14. The zero-order valence-electron chi connectivity index (χ0n) is 7.07. The maximum Gasteiger partial charge on any atom is 0.0608 e. The Bertz CT molecular complexity index is 69.3. The summed E-state index contributed by atoms with van der Waals surface area (Å²) in [7, 11) is 1.21. The first-order valence-corrected chi connectivity index (χ1v) is 8.85. The molecule has 0 aromatic heterocycles. The second-order valence-corrected chi connectivity index (χ2v) is 12.2. The van der Waals surface area contributed by atoms with E-state index in [4.69, 9.17) is 0 Å². The minimum absolute atomic E-state index is 0.412. The van der Waals surface area contributed by atoms with Gasteiger partial charge in [0.15, 0.2) is 0 Å². The molecule has 0 aliphatic heterocycles. The number of unbranched alkanes of at least 4 members (excludes halogenated alkanes) is 1. The minimum Gasteiger partial charge on any atom is -0.0652 e. The van der Waals surface area contributed by atoms with Crippen LogP contribution in [0.15, 0.2) is 0 Å². The van der Waals surface area contributed by atoms with Crippen molar-refractivity contribution in [2.75, 3.05) is 26.2 Å². The van der Waals surface area contributed by atoms with E-state index in [1.54, 1.807) is 0 Å². The maximum atomic E-state index is 2.47. The number of hydrogen-bond acceptors (Lipinski definition) is 0. The molecule has 0 amide bonds. The monoisotopic (exact) mass is 165 g/mol. The molecule has 0 spiro atoms. The Morgan fingerprint density at radius 3 is 2.22 bits per heavy atom. The molecule has 0 saturated heterocycles. The van der Waals surface area contributed by atoms with Crippen LogP contribution in [-0.2, 0) is 0 Å². The van der Waals surface area contributed by atoms with Gasteiger partial charge in [-0.05, 0) is 13.1 Å². The van der Waals surface area contributed by atoms with Gasteiger partial charge in [0.25, 0.3) is 0 Å². The molecule has 0 heterocycles. The average Bonchev–Trinajstić information content (AvgIpc) is 1.84. The van der Waals surface area contributed by atoms with Gasteiger partial charge in [0.05, 0.1) is 19.5 Å². The lowest BCUT2D eigenvalue weighted by atomic mass is 10.4. The molecule has 56 valence electrons. The lowest BCUT2D eigenvalue weighted by Gasteiger charge is -2.13. The highest BCUT2D eigenvalue weighted by Gasteiger charge is 2.20. The third-order valence-electron chi connectivity index (χ3n) is 1.68. The fraction of sp³-hybridized carbons (Fsp3) is 1.00. The standard InChI is InChI=1S/C7H19P2/c1-5-6-7-9(3,4)8-2/h8H,5-7H2,1-4H3/q+1. The van der Waals surface area contributed by atoms with Gasteiger partial charge >= 0.3 is 0 Å². The highest BCUT2D eigenvalue weighted by molar-refractivity contribution is 8.30. The Balaban J connectivity index is 3.33. The molecule has 0 bridgehead atoms. The van der Waals surface area contributed by atoms with E-state index in [0.29, 0.717) is 0 Å². The van der Waals surface area contributed by atoms with Crippen LogP contribution in [0.25, 0.3) is 0 Å². The Morgan fingerprint density at radius 2 is 1.89 bits per heavy atom. The smallest absolute Gasteiger partial charge is 0.0608 e. The van der Waals surface area contributed by atoms with Crippen LogP contribution in [0.4, 0.5) is 0 Å². The van der Waals surface area contributed by atoms with E-state index in [1.807, 2.05) is 0 Å². The molecule has 0 aromatic carbocycles. The van der Waals surface area contributed by atoms with E-state index in [2.05, 4.69) is 26.9 Å². The molecule has 0 N–H and O–H groups in total. The quantitative estimate of drug-likeness (QED) is 0.561. The molecule has 0 rings (SSSR count). The van der Waals surface area contributed by atoms with Gasteiger partial charge in [0, 0.05) is 15.2 Å². The van der Waals surface area contributed by atoms with Crippen molar-refractivity contribution >= 4 is 15.2 Å². The van der Waals surface area contributed by atoms with E-state index in [9.17, 15) is 0 Å². The summed E-state index contributed by atoms with van der Waals surface area (Å²) in [5.74, 6) is 0. The average molecular weight is 165 g/mol. The van der Waals surface area contributed by atoms with Gasteiger partial charge in [0.2, 0.25) is 0 Å². The van der Waals surface area contributed by atoms with Crippen molar-refractivity contribution in [3.8, 4) is 0 Å². The van der Waals surface area contributed by atoms with Crippen molar-refractivity contribution < 1.29 is 0 Å². The second-order valence-electron chi connectivity index (χ2n) is 2.99. The van der Waals surface area contributed by atoms with Crippen LogP contribution >= 0.6 is 15.2 Å². The largest absolute Gasteiger partial charge is 0.0652 e. The summed E-state index contributed by atoms with van der Waals surface area (Å²) in [6.07, 6.45) is 4.33. The first-order chi connectivity index (χ1) is 4.12. The summed E-state index contributed by atoms with van der Waals surface area (Å²) >= 11 is 0. The zero-order valence-corrected chi connectivity index (χ0v) is 8.96. The summed E-state index contributed by atoms with van der Waals surface area (Å²) in [5.41, 5.74) is 0. The van der Waals surface area contributed by atoms with Gasteiger partial charge in [-0.3, -0.25) is 0 Å². The molecule has 0 aromatic rings. The third-order valence-corrected chi connectivity index (χ3v) is 8.62. The normalized spacial score (nSPS) is 13.3. The van der Waals surface area contributed by atoms with Crippen molar-refractivity contribution in [2.45, 2.75) is 19.8 Å². The minimum atomic E-state index is -0.412. The van der Waals surface area contributed by atoms with Crippen molar-refractivity contribution in [2.24, 2.45) is 0 Å². The van der Waals surface area contributed by atoms with Gasteiger partial charge in [-0.15, -0.1) is 0 Å². The molecule has 0 saturated carbocycles. The molecular weight excluding hydrogens is 146 g/mol. The maximum absolute atomic E-state index is 2.47. The van der Waals surface area contributed by atoms with Crippen LogP contribution < -0.4 is 0 Å². The van der Waals surface area contributed by atoms with Crippen LogP contribution in [0.5, 0.6) is 0 Å². The first kappa shape index (κ1) is 9.86. The molecule has 1 unspecified atom stereocenters. The van der Waals surface area contributed by atoms with Crippen LogP contribution in [0.1, 0.15) is 19.8 Å². The second kappa shape index (κ2) is 4.64. The van der Waals surface area contributed by atoms with Gasteiger partial charge in [-0.1, -0.05) is 13.3 Å². The lowest BCUT2D eigenvalue weighted by Crippen LogP contribution is -1.87. The van der Waals surface area contributed by atoms with Crippen LogP contribution in [-0.4, -0.2) is 26.2 Å². The van der Waals surface area contributed by atoms with E-state index in [1.165, 1.54) is 27.3 Å². The first-order valence-electron chi connectivity index (χ1n) is 3.64. The molecule has 1 atom stereocenters. The van der Waals surface area contributed by atoms with E-state index in [0.717, 1.165) is 0 Å². The Kier molecular flexibility index (Phi) is 5.08.